The maximum Gasteiger partial charge on any atom is 0.312 e. The van der Waals surface area contributed by atoms with Crippen LogP contribution in [-0.2, 0) is 4.79 Å². The summed E-state index contributed by atoms with van der Waals surface area (Å²) in [5, 5.41) is 24.2. The van der Waals surface area contributed by atoms with Crippen LogP contribution in [0, 0.1) is 17.0 Å². The smallest absolute Gasteiger partial charge is 0.312 e. The third kappa shape index (κ3) is 3.78. The van der Waals surface area contributed by atoms with Gasteiger partial charge in [0.15, 0.2) is 5.17 Å². The number of amidine groups is 1. The number of rotatable bonds is 3. The highest BCUT2D eigenvalue weighted by Gasteiger charge is 2.26. The number of phenolic OH excluding ortho intramolecular Hbond substituents is 1. The van der Waals surface area contributed by atoms with Gasteiger partial charge < -0.3 is 10.4 Å². The second-order valence-corrected chi connectivity index (χ2v) is 7.33. The molecule has 1 aliphatic heterocycles. The lowest BCUT2D eigenvalue weighted by atomic mass is 10.1. The van der Waals surface area contributed by atoms with Crippen molar-refractivity contribution in [2.75, 3.05) is 0 Å². The fraction of sp³-hybridized carbons (Fsp3) is 0.0588. The van der Waals surface area contributed by atoms with Crippen LogP contribution in [0.2, 0.25) is 0 Å². The number of aryl methyl sites for hydroxylation is 1. The third-order valence-corrected chi connectivity index (χ3v) is 4.92. The lowest BCUT2D eigenvalue weighted by Crippen LogP contribution is -2.19. The number of aliphatic imine (C=N–C) groups is 1. The molecule has 0 atom stereocenters. The predicted molar refractivity (Wildman–Crippen MR) is 104 cm³/mol. The predicted octanol–water partition coefficient (Wildman–Crippen LogP) is 4.26. The van der Waals surface area contributed by atoms with E-state index in [1.165, 1.54) is 18.2 Å². The zero-order chi connectivity index (χ0) is 18.8. The third-order valence-electron chi connectivity index (χ3n) is 3.56. The summed E-state index contributed by atoms with van der Waals surface area (Å²) < 4.78 is 0.422. The van der Waals surface area contributed by atoms with Crippen LogP contribution in [0.5, 0.6) is 5.75 Å². The lowest BCUT2D eigenvalue weighted by Gasteiger charge is -2.02. The van der Waals surface area contributed by atoms with Gasteiger partial charge in [-0.25, -0.2) is 4.99 Å². The maximum absolute atomic E-state index is 12.2. The Balaban J connectivity index is 1.95. The minimum Gasteiger partial charge on any atom is -0.502 e. The first kappa shape index (κ1) is 18.2. The van der Waals surface area contributed by atoms with Crippen molar-refractivity contribution < 1.29 is 14.8 Å². The number of carbonyl (C=O) groups excluding carboxylic acids is 1. The molecule has 7 nitrogen and oxygen atoms in total. The van der Waals surface area contributed by atoms with E-state index in [4.69, 9.17) is 0 Å². The van der Waals surface area contributed by atoms with Crippen LogP contribution >= 0.6 is 27.7 Å². The molecular formula is C17H12BrN3O4S. The van der Waals surface area contributed by atoms with Gasteiger partial charge >= 0.3 is 5.69 Å². The first-order valence-corrected chi connectivity index (χ1v) is 8.98. The van der Waals surface area contributed by atoms with E-state index in [2.05, 4.69) is 26.2 Å². The highest BCUT2D eigenvalue weighted by atomic mass is 79.9. The molecule has 0 aliphatic carbocycles. The Labute approximate surface area is 161 Å². The number of hydrogen-bond acceptors (Lipinski definition) is 6. The quantitative estimate of drug-likeness (QED) is 0.427. The van der Waals surface area contributed by atoms with Crippen LogP contribution < -0.4 is 5.32 Å². The number of carbonyl (C=O) groups is 1. The van der Waals surface area contributed by atoms with Crippen LogP contribution in [0.15, 0.2) is 50.8 Å². The molecule has 0 spiro atoms. The Morgan fingerprint density at radius 3 is 2.77 bits per heavy atom. The molecule has 2 N–H and O–H groups in total. The Bertz CT molecular complexity index is 988. The van der Waals surface area contributed by atoms with E-state index in [1.807, 2.05) is 31.2 Å². The van der Waals surface area contributed by atoms with E-state index in [0.717, 1.165) is 23.0 Å². The van der Waals surface area contributed by atoms with Crippen LogP contribution in [0.4, 0.5) is 11.4 Å². The van der Waals surface area contributed by atoms with Gasteiger partial charge in [0.05, 0.1) is 15.5 Å². The number of hydrogen-bond donors (Lipinski definition) is 2. The van der Waals surface area contributed by atoms with Gasteiger partial charge in [-0.15, -0.1) is 0 Å². The van der Waals surface area contributed by atoms with Crippen molar-refractivity contribution in [1.29, 1.82) is 0 Å². The summed E-state index contributed by atoms with van der Waals surface area (Å²) in [5.74, 6) is -0.882. The van der Waals surface area contributed by atoms with Gasteiger partial charge in [-0.05, 0) is 42.5 Å². The fourth-order valence-corrected chi connectivity index (χ4v) is 3.56. The first-order chi connectivity index (χ1) is 12.3. The molecule has 1 saturated heterocycles. The summed E-state index contributed by atoms with van der Waals surface area (Å²) >= 11 is 4.27. The highest BCUT2D eigenvalue weighted by Crippen LogP contribution is 2.37. The number of aromatic hydroxyl groups is 1. The van der Waals surface area contributed by atoms with Crippen molar-refractivity contribution in [3.05, 3.63) is 67.0 Å². The SMILES string of the molecule is Cc1ccccc1N=C1NC(=O)/C(=C/c2cc(Br)cc([N+](=O)[O-])c2O)S1. The number of para-hydroxylation sites is 1. The van der Waals surface area contributed by atoms with Crippen molar-refractivity contribution in [2.45, 2.75) is 6.92 Å². The molecule has 1 fully saturated rings. The molecule has 0 unspecified atom stereocenters. The van der Waals surface area contributed by atoms with Crippen molar-refractivity contribution in [3.8, 4) is 5.75 Å². The number of halogens is 1. The van der Waals surface area contributed by atoms with Gasteiger partial charge in [-0.2, -0.15) is 0 Å². The Hall–Kier alpha value is -2.65. The number of phenols is 1. The summed E-state index contributed by atoms with van der Waals surface area (Å²) in [6.45, 7) is 1.91. The monoisotopic (exact) mass is 433 g/mol. The number of benzene rings is 2. The molecule has 1 amide bonds. The molecule has 9 heteroatoms. The highest BCUT2D eigenvalue weighted by molar-refractivity contribution is 9.10. The minimum atomic E-state index is -0.685. The Kier molecular flexibility index (Phi) is 5.10. The summed E-state index contributed by atoms with van der Waals surface area (Å²) in [7, 11) is 0. The Morgan fingerprint density at radius 1 is 1.35 bits per heavy atom. The number of thioether (sulfide) groups is 1. The zero-order valence-electron chi connectivity index (χ0n) is 13.4. The van der Waals surface area contributed by atoms with Crippen molar-refractivity contribution in [1.82, 2.24) is 5.32 Å². The van der Waals surface area contributed by atoms with Gasteiger partial charge in [0.1, 0.15) is 0 Å². The van der Waals surface area contributed by atoms with Gasteiger partial charge in [-0.3, -0.25) is 14.9 Å². The van der Waals surface area contributed by atoms with Crippen molar-refractivity contribution in [2.24, 2.45) is 4.99 Å². The minimum absolute atomic E-state index is 0.167. The maximum atomic E-state index is 12.2. The summed E-state index contributed by atoms with van der Waals surface area (Å²) in [5.41, 5.74) is 1.43. The van der Waals surface area contributed by atoms with Crippen LogP contribution in [0.3, 0.4) is 0 Å². The van der Waals surface area contributed by atoms with E-state index < -0.39 is 16.4 Å². The van der Waals surface area contributed by atoms with E-state index in [-0.39, 0.29) is 16.4 Å². The number of nitrogens with one attached hydrogen (secondary N) is 1. The molecule has 0 aromatic heterocycles. The normalized spacial score (nSPS) is 16.9. The molecule has 0 bridgehead atoms. The van der Waals surface area contributed by atoms with Crippen LogP contribution in [0.25, 0.3) is 6.08 Å². The molecule has 0 saturated carbocycles. The zero-order valence-corrected chi connectivity index (χ0v) is 15.8. The lowest BCUT2D eigenvalue weighted by molar-refractivity contribution is -0.385. The fourth-order valence-electron chi connectivity index (χ4n) is 2.27. The molecule has 2 aromatic rings. The number of nitro benzene ring substituents is 1. The molecule has 132 valence electrons. The average molecular weight is 434 g/mol. The van der Waals surface area contributed by atoms with E-state index in [9.17, 15) is 20.0 Å². The molecular weight excluding hydrogens is 422 g/mol. The topological polar surface area (TPSA) is 105 Å². The largest absolute Gasteiger partial charge is 0.502 e. The molecule has 26 heavy (non-hydrogen) atoms. The van der Waals surface area contributed by atoms with E-state index in [1.54, 1.807) is 0 Å². The summed E-state index contributed by atoms with van der Waals surface area (Å²) in [4.78, 5) is 27.2. The molecule has 1 heterocycles. The van der Waals surface area contributed by atoms with Gasteiger partial charge in [0, 0.05) is 16.1 Å². The van der Waals surface area contributed by atoms with Gasteiger partial charge in [-0.1, -0.05) is 34.1 Å². The molecule has 0 radical (unpaired) electrons. The number of amides is 1. The van der Waals surface area contributed by atoms with Crippen LogP contribution in [-0.4, -0.2) is 21.1 Å². The standard InChI is InChI=1S/C17H12BrN3O4S/c1-9-4-2-3-5-12(9)19-17-20-16(23)14(26-17)7-10-6-11(18)8-13(15(10)22)21(24)25/h2-8,22H,1H3,(H,19,20,23)/b14-7-. The van der Waals surface area contributed by atoms with Crippen LogP contribution in [0.1, 0.15) is 11.1 Å². The second kappa shape index (κ2) is 7.30. The van der Waals surface area contributed by atoms with Gasteiger partial charge in [0.2, 0.25) is 5.75 Å². The average Bonchev–Trinajstić information content (AvgIpc) is 2.92. The van der Waals surface area contributed by atoms with Crippen molar-refractivity contribution in [3.63, 3.8) is 0 Å². The molecule has 2 aromatic carbocycles. The summed E-state index contributed by atoms with van der Waals surface area (Å²) in [6.07, 6.45) is 1.40. The number of nitrogens with zero attached hydrogens (tertiary/aromatic N) is 2. The van der Waals surface area contributed by atoms with Crippen molar-refractivity contribution >= 4 is 56.2 Å². The second-order valence-electron chi connectivity index (χ2n) is 5.39. The van der Waals surface area contributed by atoms with Gasteiger partial charge in [0.25, 0.3) is 5.91 Å². The molecule has 1 aliphatic rings. The summed E-state index contributed by atoms with van der Waals surface area (Å²) in [6, 6.07) is 10.2. The Morgan fingerprint density at radius 2 is 2.08 bits per heavy atom. The molecule has 3 rings (SSSR count). The first-order valence-electron chi connectivity index (χ1n) is 7.37. The number of nitro groups is 1. The van der Waals surface area contributed by atoms with E-state index in [0.29, 0.717) is 9.64 Å². The van der Waals surface area contributed by atoms with E-state index >= 15 is 0 Å².